The number of nitrogens with zero attached hydrogens (tertiary/aromatic N) is 1. The van der Waals surface area contributed by atoms with Crippen molar-refractivity contribution in [1.82, 2.24) is 4.98 Å². The van der Waals surface area contributed by atoms with E-state index in [1.54, 1.807) is 6.20 Å². The number of benzene rings is 3. The second kappa shape index (κ2) is 10.7. The summed E-state index contributed by atoms with van der Waals surface area (Å²) >= 11 is 6.72. The van der Waals surface area contributed by atoms with E-state index in [9.17, 15) is 13.2 Å². The van der Waals surface area contributed by atoms with Gasteiger partial charge in [-0.25, -0.2) is 8.42 Å². The third kappa shape index (κ3) is 5.47. The lowest BCUT2D eigenvalue weighted by molar-refractivity contribution is -0.0517. The van der Waals surface area contributed by atoms with E-state index in [-0.39, 0.29) is 0 Å². The zero-order valence-electron chi connectivity index (χ0n) is 17.4. The van der Waals surface area contributed by atoms with Crippen LogP contribution in [0, 0.1) is 0 Å². The molecule has 0 unspecified atom stereocenters. The summed E-state index contributed by atoms with van der Waals surface area (Å²) in [5.41, 5.74) is -5.65. The van der Waals surface area contributed by atoms with E-state index in [4.69, 9.17) is 24.6 Å². The third-order valence-electron chi connectivity index (χ3n) is 4.83. The molecule has 0 N–H and O–H groups in total. The molecule has 0 aliphatic heterocycles. The van der Waals surface area contributed by atoms with Crippen molar-refractivity contribution in [2.75, 3.05) is 0 Å². The zero-order valence-corrected chi connectivity index (χ0v) is 19.9. The zero-order chi connectivity index (χ0) is 24.8. The molecule has 0 saturated heterocycles. The van der Waals surface area contributed by atoms with Crippen LogP contribution in [-0.4, -0.2) is 23.5 Å². The van der Waals surface area contributed by atoms with Gasteiger partial charge < -0.3 is 4.55 Å². The Labute approximate surface area is 201 Å². The minimum absolute atomic E-state index is 0.706. The molecular formula is C24H18ClF3NO3PS. The number of halogens is 4. The lowest BCUT2D eigenvalue weighted by atomic mass is 10.3. The number of hydrogen-bond donors (Lipinski definition) is 0. The number of hydrogen-bond acceptors (Lipinski definition) is 4. The van der Waals surface area contributed by atoms with E-state index in [1.165, 1.54) is 15.9 Å². The third-order valence-corrected chi connectivity index (χ3v) is 10.2. The Hall–Kier alpha value is -2.77. The molecule has 0 amide bonds. The van der Waals surface area contributed by atoms with Crippen molar-refractivity contribution in [3.8, 4) is 0 Å². The maximum Gasteiger partial charge on any atom is 0.485 e. The predicted molar refractivity (Wildman–Crippen MR) is 130 cm³/mol. The molecule has 34 heavy (non-hydrogen) atoms. The summed E-state index contributed by atoms with van der Waals surface area (Å²) in [6, 6.07) is 34.1. The van der Waals surface area contributed by atoms with Crippen LogP contribution in [0.1, 0.15) is 0 Å². The van der Waals surface area contributed by atoms with Gasteiger partial charge in [-0.3, -0.25) is 4.98 Å². The van der Waals surface area contributed by atoms with Crippen LogP contribution in [0.3, 0.4) is 0 Å². The van der Waals surface area contributed by atoms with Gasteiger partial charge in [-0.15, -0.1) is 0 Å². The molecule has 0 radical (unpaired) electrons. The van der Waals surface area contributed by atoms with Crippen molar-refractivity contribution in [3.05, 3.63) is 114 Å². The quantitative estimate of drug-likeness (QED) is 0.226. The summed E-state index contributed by atoms with van der Waals surface area (Å²) in [6.07, 6.45) is 3.59. The first kappa shape index (κ1) is 25.8. The Kier molecular flexibility index (Phi) is 8.10. The highest BCUT2D eigenvalue weighted by molar-refractivity contribution is 8.01. The fourth-order valence-corrected chi connectivity index (χ4v) is 8.21. The van der Waals surface area contributed by atoms with Crippen molar-refractivity contribution >= 4 is 50.2 Å². The summed E-state index contributed by atoms with van der Waals surface area (Å²) in [5, 5.41) is 5.69. The van der Waals surface area contributed by atoms with E-state index >= 15 is 0 Å². The van der Waals surface area contributed by atoms with E-state index in [2.05, 4.69) is 102 Å². The Morgan fingerprint density at radius 2 is 1.09 bits per heavy atom. The lowest BCUT2D eigenvalue weighted by Crippen LogP contribution is -2.39. The van der Waals surface area contributed by atoms with Crippen LogP contribution < -0.4 is 21.2 Å². The topological polar surface area (TPSA) is 70.1 Å². The molecule has 4 rings (SSSR count). The second-order valence-corrected chi connectivity index (χ2v) is 12.1. The van der Waals surface area contributed by atoms with E-state index < -0.39 is 22.9 Å². The van der Waals surface area contributed by atoms with Crippen molar-refractivity contribution in [3.63, 3.8) is 0 Å². The number of rotatable bonds is 4. The van der Waals surface area contributed by atoms with Crippen molar-refractivity contribution in [2.45, 2.75) is 5.51 Å². The first-order valence-electron chi connectivity index (χ1n) is 9.76. The molecule has 0 saturated carbocycles. The summed E-state index contributed by atoms with van der Waals surface area (Å²) in [4.78, 5) is 4.23. The minimum atomic E-state index is -6.09. The van der Waals surface area contributed by atoms with Crippen LogP contribution in [0.5, 0.6) is 0 Å². The first-order chi connectivity index (χ1) is 16.1. The van der Waals surface area contributed by atoms with Gasteiger partial charge in [-0.05, 0) is 36.4 Å². The molecule has 0 aliphatic carbocycles. The van der Waals surface area contributed by atoms with Crippen molar-refractivity contribution < 1.29 is 26.1 Å². The van der Waals surface area contributed by atoms with E-state index in [1.807, 2.05) is 6.20 Å². The lowest BCUT2D eigenvalue weighted by Gasteiger charge is -2.28. The molecule has 4 nitrogen and oxygen atoms in total. The summed E-state index contributed by atoms with van der Waals surface area (Å²) in [7, 11) is -8.21. The molecule has 1 aromatic heterocycles. The number of aromatic nitrogens is 1. The van der Waals surface area contributed by atoms with Gasteiger partial charge in [0.25, 0.3) is 0 Å². The highest BCUT2D eigenvalue weighted by Gasteiger charge is 2.49. The molecule has 0 fully saturated rings. The Morgan fingerprint density at radius 1 is 0.735 bits per heavy atom. The van der Waals surface area contributed by atoms with Crippen LogP contribution in [0.4, 0.5) is 13.2 Å². The van der Waals surface area contributed by atoms with Crippen LogP contribution in [0.15, 0.2) is 109 Å². The minimum Gasteiger partial charge on any atom is -0.741 e. The Balaban J connectivity index is 0.000000350. The smallest absolute Gasteiger partial charge is 0.485 e. The second-order valence-electron chi connectivity index (χ2n) is 6.90. The Bertz CT molecular complexity index is 1230. The molecule has 176 valence electrons. The number of alkyl halides is 3. The SMILES string of the molecule is Clc1cnccc1[P+](c1ccccc1)(c1ccccc1)c1ccccc1.O=S(=O)([O-])C(F)(F)F. The molecule has 0 spiro atoms. The monoisotopic (exact) mass is 523 g/mol. The maximum absolute atomic E-state index is 10.7. The standard InChI is InChI=1S/C23H18ClNP.CHF3O3S/c24-22-18-25-17-16-23(22)26(19-10-4-1-5-11-19,20-12-6-2-7-13-20)21-14-8-3-9-15-21;2-1(3,4)8(5,6)7/h1-18H;(H,5,6,7)/q+1;/p-1. The summed E-state index contributed by atoms with van der Waals surface area (Å²) in [6.45, 7) is 0. The van der Waals surface area contributed by atoms with Gasteiger partial charge in [-0.1, -0.05) is 66.2 Å². The highest BCUT2D eigenvalue weighted by Crippen LogP contribution is 2.55. The first-order valence-corrected chi connectivity index (χ1v) is 13.3. The summed E-state index contributed by atoms with van der Waals surface area (Å²) in [5.74, 6) is 0. The molecule has 0 atom stereocenters. The molecule has 0 aliphatic rings. The van der Waals surface area contributed by atoms with Crippen LogP contribution >= 0.6 is 18.9 Å². The van der Waals surface area contributed by atoms with Crippen LogP contribution in [0.25, 0.3) is 0 Å². The molecule has 0 bridgehead atoms. The fraction of sp³-hybridized carbons (Fsp3) is 0.0417. The van der Waals surface area contributed by atoms with Crippen molar-refractivity contribution in [2.24, 2.45) is 0 Å². The molecule has 10 heteroatoms. The summed E-state index contributed by atoms with van der Waals surface area (Å²) < 4.78 is 58.9. The van der Waals surface area contributed by atoms with Gasteiger partial charge in [0.15, 0.2) is 10.1 Å². The average molecular weight is 524 g/mol. The Morgan fingerprint density at radius 3 is 1.38 bits per heavy atom. The maximum atomic E-state index is 10.7. The fourth-order valence-electron chi connectivity index (χ4n) is 3.46. The van der Waals surface area contributed by atoms with Crippen LogP contribution in [-0.2, 0) is 10.1 Å². The predicted octanol–water partition coefficient (Wildman–Crippen LogP) is 4.41. The molecule has 4 aromatic rings. The normalized spacial score (nSPS) is 11.9. The van der Waals surface area contributed by atoms with E-state index in [0.29, 0.717) is 5.02 Å². The average Bonchev–Trinajstić information content (AvgIpc) is 2.82. The van der Waals surface area contributed by atoms with Crippen molar-refractivity contribution in [1.29, 1.82) is 0 Å². The van der Waals surface area contributed by atoms with Gasteiger partial charge in [-0.2, -0.15) is 13.2 Å². The molecule has 3 aromatic carbocycles. The van der Waals surface area contributed by atoms with Gasteiger partial charge in [0.05, 0.1) is 0 Å². The molecule has 1 heterocycles. The number of pyridine rings is 1. The van der Waals surface area contributed by atoms with Gasteiger partial charge >= 0.3 is 5.51 Å². The highest BCUT2D eigenvalue weighted by atomic mass is 35.5. The largest absolute Gasteiger partial charge is 0.741 e. The van der Waals surface area contributed by atoms with Gasteiger partial charge in [0, 0.05) is 18.5 Å². The van der Waals surface area contributed by atoms with Gasteiger partial charge in [0.2, 0.25) is 0 Å². The van der Waals surface area contributed by atoms with E-state index in [0.717, 1.165) is 5.30 Å². The molecular weight excluding hydrogens is 506 g/mol. The van der Waals surface area contributed by atoms with Gasteiger partial charge in [0.1, 0.15) is 33.5 Å². The van der Waals surface area contributed by atoms with Crippen LogP contribution in [0.2, 0.25) is 5.02 Å².